The zero-order chi connectivity index (χ0) is 18.0. The summed E-state index contributed by atoms with van der Waals surface area (Å²) in [5.41, 5.74) is 1.53. The maximum atomic E-state index is 12.5. The number of ether oxygens (including phenoxy) is 1. The average molecular weight is 352 g/mol. The molecule has 2 fully saturated rings. The molecule has 0 N–H and O–H groups in total. The molecule has 0 radical (unpaired) electrons. The molecule has 1 aromatic carbocycles. The SMILES string of the molecule is CN(c1ccccc1)[C@@H]1COC2(CCN(C(=O)c3cnccn3)CC2)C1. The maximum Gasteiger partial charge on any atom is 0.274 e. The molecule has 1 amide bonds. The van der Waals surface area contributed by atoms with Gasteiger partial charge in [-0.05, 0) is 31.4 Å². The molecule has 1 atom stereocenters. The second-order valence-corrected chi connectivity index (χ2v) is 7.18. The highest BCUT2D eigenvalue weighted by Crippen LogP contribution is 2.38. The first kappa shape index (κ1) is 17.0. The van der Waals surface area contributed by atoms with E-state index in [1.54, 1.807) is 12.4 Å². The number of hydrogen-bond acceptors (Lipinski definition) is 5. The van der Waals surface area contributed by atoms with Crippen molar-refractivity contribution in [3.8, 4) is 0 Å². The maximum absolute atomic E-state index is 12.5. The Labute approximate surface area is 153 Å². The van der Waals surface area contributed by atoms with Crippen LogP contribution in [0.3, 0.4) is 0 Å². The van der Waals surface area contributed by atoms with Crippen LogP contribution in [-0.4, -0.2) is 59.2 Å². The van der Waals surface area contributed by atoms with E-state index in [0.717, 1.165) is 25.9 Å². The predicted molar refractivity (Wildman–Crippen MR) is 99.1 cm³/mol. The number of likely N-dealkylation sites (tertiary alicyclic amines) is 1. The number of amides is 1. The molecular formula is C20H24N4O2. The third-order valence-corrected chi connectivity index (χ3v) is 5.64. The first-order chi connectivity index (χ1) is 12.7. The number of hydrogen-bond donors (Lipinski definition) is 0. The number of para-hydroxylation sites is 1. The van der Waals surface area contributed by atoms with Gasteiger partial charge in [0, 0.05) is 38.2 Å². The van der Waals surface area contributed by atoms with Crippen molar-refractivity contribution in [1.29, 1.82) is 0 Å². The number of carbonyl (C=O) groups is 1. The van der Waals surface area contributed by atoms with E-state index < -0.39 is 0 Å². The van der Waals surface area contributed by atoms with Crippen molar-refractivity contribution in [2.45, 2.75) is 30.9 Å². The summed E-state index contributed by atoms with van der Waals surface area (Å²) in [5.74, 6) is -0.0381. The number of aromatic nitrogens is 2. The summed E-state index contributed by atoms with van der Waals surface area (Å²) in [5, 5.41) is 0. The molecule has 2 aliphatic rings. The molecular weight excluding hydrogens is 328 g/mol. The highest BCUT2D eigenvalue weighted by Gasteiger charge is 2.44. The van der Waals surface area contributed by atoms with Gasteiger partial charge >= 0.3 is 0 Å². The van der Waals surface area contributed by atoms with Crippen LogP contribution in [0.1, 0.15) is 29.8 Å². The number of benzene rings is 1. The second-order valence-electron chi connectivity index (χ2n) is 7.18. The molecule has 1 spiro atoms. The quantitative estimate of drug-likeness (QED) is 0.849. The zero-order valence-corrected chi connectivity index (χ0v) is 15.0. The fraction of sp³-hybridized carbons (Fsp3) is 0.450. The van der Waals surface area contributed by atoms with Crippen molar-refractivity contribution in [2.75, 3.05) is 31.6 Å². The topological polar surface area (TPSA) is 58.6 Å². The molecule has 0 unspecified atom stereocenters. The Kier molecular flexibility index (Phi) is 4.59. The zero-order valence-electron chi connectivity index (χ0n) is 15.0. The average Bonchev–Trinajstić information content (AvgIpc) is 3.12. The molecule has 6 nitrogen and oxygen atoms in total. The van der Waals surface area contributed by atoms with Crippen LogP contribution in [-0.2, 0) is 4.74 Å². The number of rotatable bonds is 3. The summed E-state index contributed by atoms with van der Waals surface area (Å²) in [6.07, 6.45) is 7.42. The van der Waals surface area contributed by atoms with Gasteiger partial charge in [0.25, 0.3) is 5.91 Å². The van der Waals surface area contributed by atoms with E-state index in [9.17, 15) is 4.79 Å². The summed E-state index contributed by atoms with van der Waals surface area (Å²) in [6, 6.07) is 10.8. The predicted octanol–water partition coefficient (Wildman–Crippen LogP) is 2.38. The summed E-state index contributed by atoms with van der Waals surface area (Å²) in [4.78, 5) is 24.8. The van der Waals surface area contributed by atoms with E-state index in [0.29, 0.717) is 24.8 Å². The third-order valence-electron chi connectivity index (χ3n) is 5.64. The van der Waals surface area contributed by atoms with E-state index in [2.05, 4.69) is 46.2 Å². The molecule has 2 aliphatic heterocycles. The highest BCUT2D eigenvalue weighted by molar-refractivity contribution is 5.92. The van der Waals surface area contributed by atoms with Gasteiger partial charge in [-0.3, -0.25) is 9.78 Å². The smallest absolute Gasteiger partial charge is 0.274 e. The van der Waals surface area contributed by atoms with Crippen LogP contribution in [0.5, 0.6) is 0 Å². The number of anilines is 1. The van der Waals surface area contributed by atoms with Crippen molar-refractivity contribution < 1.29 is 9.53 Å². The summed E-state index contributed by atoms with van der Waals surface area (Å²) in [6.45, 7) is 2.15. The molecule has 6 heteroatoms. The number of nitrogens with zero attached hydrogens (tertiary/aromatic N) is 4. The minimum Gasteiger partial charge on any atom is -0.373 e. The van der Waals surface area contributed by atoms with Crippen molar-refractivity contribution in [1.82, 2.24) is 14.9 Å². The lowest BCUT2D eigenvalue weighted by atomic mass is 9.87. The number of carbonyl (C=O) groups excluding carboxylic acids is 1. The van der Waals surface area contributed by atoms with Crippen LogP contribution in [0.2, 0.25) is 0 Å². The standard InChI is InChI=1S/C20H24N4O2/c1-23(16-5-3-2-4-6-16)17-13-20(26-15-17)7-11-24(12-8-20)19(25)18-14-21-9-10-22-18/h2-6,9-10,14,17H,7-8,11-13,15H2,1H3/t17-/m0/s1. The van der Waals surface area contributed by atoms with Gasteiger partial charge < -0.3 is 14.5 Å². The van der Waals surface area contributed by atoms with E-state index in [-0.39, 0.29) is 11.5 Å². The van der Waals surface area contributed by atoms with Crippen LogP contribution in [0.15, 0.2) is 48.9 Å². The molecule has 0 aliphatic carbocycles. The minimum atomic E-state index is -0.104. The number of likely N-dealkylation sites (N-methyl/N-ethyl adjacent to an activating group) is 1. The van der Waals surface area contributed by atoms with Crippen LogP contribution in [0, 0.1) is 0 Å². The Morgan fingerprint density at radius 2 is 2.00 bits per heavy atom. The van der Waals surface area contributed by atoms with Gasteiger partial charge in [0.1, 0.15) is 5.69 Å². The van der Waals surface area contributed by atoms with E-state index >= 15 is 0 Å². The molecule has 2 saturated heterocycles. The molecule has 1 aromatic heterocycles. The fourth-order valence-corrected chi connectivity index (χ4v) is 3.98. The van der Waals surface area contributed by atoms with Crippen LogP contribution < -0.4 is 4.90 Å². The van der Waals surface area contributed by atoms with Crippen molar-refractivity contribution in [2.24, 2.45) is 0 Å². The monoisotopic (exact) mass is 352 g/mol. The normalized spacial score (nSPS) is 21.7. The van der Waals surface area contributed by atoms with Crippen molar-refractivity contribution >= 4 is 11.6 Å². The second kappa shape index (κ2) is 7.03. The van der Waals surface area contributed by atoms with Gasteiger partial charge in [0.2, 0.25) is 0 Å². The lowest BCUT2D eigenvalue weighted by Crippen LogP contribution is -2.47. The Balaban J connectivity index is 1.37. The van der Waals surface area contributed by atoms with Crippen LogP contribution in [0.4, 0.5) is 5.69 Å². The molecule has 4 rings (SSSR count). The largest absolute Gasteiger partial charge is 0.373 e. The Hall–Kier alpha value is -2.47. The Morgan fingerprint density at radius 3 is 2.69 bits per heavy atom. The van der Waals surface area contributed by atoms with Gasteiger partial charge in [-0.15, -0.1) is 0 Å². The van der Waals surface area contributed by atoms with E-state index in [4.69, 9.17) is 4.74 Å². The van der Waals surface area contributed by atoms with E-state index in [1.165, 1.54) is 11.9 Å². The first-order valence-corrected chi connectivity index (χ1v) is 9.14. The molecule has 0 bridgehead atoms. The molecule has 136 valence electrons. The Bertz CT molecular complexity index is 745. The highest BCUT2D eigenvalue weighted by atomic mass is 16.5. The van der Waals surface area contributed by atoms with Crippen LogP contribution in [0.25, 0.3) is 0 Å². The van der Waals surface area contributed by atoms with Gasteiger partial charge in [-0.25, -0.2) is 4.98 Å². The molecule has 26 heavy (non-hydrogen) atoms. The van der Waals surface area contributed by atoms with Gasteiger partial charge in [0.15, 0.2) is 0 Å². The molecule has 2 aromatic rings. The third kappa shape index (κ3) is 3.29. The first-order valence-electron chi connectivity index (χ1n) is 9.14. The fourth-order valence-electron chi connectivity index (χ4n) is 3.98. The summed E-state index contributed by atoms with van der Waals surface area (Å²) in [7, 11) is 2.13. The Morgan fingerprint density at radius 1 is 1.23 bits per heavy atom. The lowest BCUT2D eigenvalue weighted by molar-refractivity contribution is -0.0389. The summed E-state index contributed by atoms with van der Waals surface area (Å²) < 4.78 is 6.26. The van der Waals surface area contributed by atoms with Gasteiger partial charge in [-0.2, -0.15) is 0 Å². The summed E-state index contributed by atoms with van der Waals surface area (Å²) >= 11 is 0. The van der Waals surface area contributed by atoms with Gasteiger partial charge in [0.05, 0.1) is 24.4 Å². The van der Waals surface area contributed by atoms with Crippen molar-refractivity contribution in [3.05, 3.63) is 54.6 Å². The molecule has 0 saturated carbocycles. The van der Waals surface area contributed by atoms with Gasteiger partial charge in [-0.1, -0.05) is 18.2 Å². The van der Waals surface area contributed by atoms with Crippen LogP contribution >= 0.6 is 0 Å². The minimum absolute atomic E-state index is 0.0381. The van der Waals surface area contributed by atoms with Crippen molar-refractivity contribution in [3.63, 3.8) is 0 Å². The lowest BCUT2D eigenvalue weighted by Gasteiger charge is -2.38. The van der Waals surface area contributed by atoms with E-state index in [1.807, 2.05) is 11.0 Å². The number of piperidine rings is 1. The molecule has 3 heterocycles.